The molecule has 0 atom stereocenters. The molecule has 0 aromatic heterocycles. The number of alkyl carbamates (subject to hydrolysis) is 1. The third-order valence-electron chi connectivity index (χ3n) is 1.74. The van der Waals surface area contributed by atoms with Crippen LogP contribution in [0.3, 0.4) is 0 Å². The molecule has 1 radical (unpaired) electrons. The molecule has 0 rings (SSSR count). The first kappa shape index (κ1) is 14.0. The summed E-state index contributed by atoms with van der Waals surface area (Å²) in [6, 6.07) is 0. The average molecular weight is 236 g/mol. The molecule has 0 aliphatic heterocycles. The Kier molecular flexibility index (Phi) is 6.08. The highest BCUT2D eigenvalue weighted by atomic mass is 35.5. The fourth-order valence-electron chi connectivity index (χ4n) is 0.709. The van der Waals surface area contributed by atoms with Gasteiger partial charge in [-0.2, -0.15) is 0 Å². The second kappa shape index (κ2) is 6.50. The van der Waals surface area contributed by atoms with Crippen molar-refractivity contribution in [2.75, 3.05) is 12.5 Å². The van der Waals surface area contributed by atoms with Gasteiger partial charge in [0.05, 0.1) is 6.61 Å². The van der Waals surface area contributed by atoms with Crippen molar-refractivity contribution in [1.29, 1.82) is 0 Å². The average Bonchev–Trinajstić information content (AvgIpc) is 2.11. The predicted octanol–water partition coefficient (Wildman–Crippen LogP) is 1.32. The van der Waals surface area contributed by atoms with Crippen LogP contribution in [0.15, 0.2) is 0 Å². The van der Waals surface area contributed by atoms with Gasteiger partial charge in [-0.05, 0) is 26.7 Å². The van der Waals surface area contributed by atoms with Crippen LogP contribution in [0.1, 0.15) is 26.7 Å². The molecule has 0 aliphatic rings. The van der Waals surface area contributed by atoms with E-state index < -0.39 is 17.5 Å². The molecule has 0 saturated carbocycles. The molecule has 87 valence electrons. The molecule has 2 amide bonds. The van der Waals surface area contributed by atoms with Gasteiger partial charge in [0.1, 0.15) is 5.54 Å². The van der Waals surface area contributed by atoms with Crippen LogP contribution in [-0.4, -0.2) is 30.0 Å². The van der Waals surface area contributed by atoms with E-state index in [1.165, 1.54) is 13.8 Å². The lowest BCUT2D eigenvalue weighted by atomic mass is 10.1. The fourth-order valence-corrected chi connectivity index (χ4v) is 0.898. The van der Waals surface area contributed by atoms with Crippen molar-refractivity contribution in [3.8, 4) is 0 Å². The van der Waals surface area contributed by atoms with Crippen LogP contribution in [0.5, 0.6) is 0 Å². The molecule has 0 aliphatic carbocycles. The lowest BCUT2D eigenvalue weighted by Gasteiger charge is -2.20. The Morgan fingerprint density at radius 2 is 2.00 bits per heavy atom. The smallest absolute Gasteiger partial charge is 0.407 e. The number of amides is 2. The largest absolute Gasteiger partial charge is 0.450 e. The Labute approximate surface area is 94.3 Å². The zero-order valence-corrected chi connectivity index (χ0v) is 9.69. The molecule has 0 bridgehead atoms. The van der Waals surface area contributed by atoms with E-state index in [2.05, 4.69) is 5.32 Å². The van der Waals surface area contributed by atoms with E-state index in [1.807, 2.05) is 0 Å². The highest BCUT2D eigenvalue weighted by Gasteiger charge is 2.28. The Morgan fingerprint density at radius 1 is 1.40 bits per heavy atom. The van der Waals surface area contributed by atoms with Gasteiger partial charge in [0.25, 0.3) is 5.91 Å². The van der Waals surface area contributed by atoms with Crippen LogP contribution < -0.4 is 11.1 Å². The quantitative estimate of drug-likeness (QED) is 0.557. The number of unbranched alkanes of at least 4 members (excludes halogenated alkanes) is 1. The van der Waals surface area contributed by atoms with Gasteiger partial charge in [-0.15, -0.1) is 11.6 Å². The topological polar surface area (TPSA) is 79.2 Å². The minimum absolute atomic E-state index is 0.265. The monoisotopic (exact) mass is 235 g/mol. The number of hydrogen-bond donors (Lipinski definition) is 1. The SMILES string of the molecule is CC(C)(NC(=O)OCCCCCl)C([NH])=O. The van der Waals surface area contributed by atoms with Crippen molar-refractivity contribution in [3.63, 3.8) is 0 Å². The van der Waals surface area contributed by atoms with Gasteiger partial charge in [0.15, 0.2) is 0 Å². The van der Waals surface area contributed by atoms with Crippen LogP contribution in [-0.2, 0) is 9.53 Å². The number of nitrogens with one attached hydrogen (secondary N) is 2. The van der Waals surface area contributed by atoms with Crippen LogP contribution in [0.25, 0.3) is 0 Å². The summed E-state index contributed by atoms with van der Waals surface area (Å²) in [5, 5.41) is 2.30. The lowest BCUT2D eigenvalue weighted by molar-refractivity contribution is -0.123. The zero-order valence-electron chi connectivity index (χ0n) is 8.93. The Balaban J connectivity index is 3.79. The first-order valence-electron chi connectivity index (χ1n) is 4.67. The van der Waals surface area contributed by atoms with E-state index in [0.29, 0.717) is 12.3 Å². The molecular formula is C9H16ClN2O3. The maximum absolute atomic E-state index is 11.1. The third-order valence-corrected chi connectivity index (χ3v) is 2.01. The van der Waals surface area contributed by atoms with Gasteiger partial charge in [0.2, 0.25) is 0 Å². The van der Waals surface area contributed by atoms with Crippen molar-refractivity contribution in [2.24, 2.45) is 0 Å². The van der Waals surface area contributed by atoms with E-state index in [4.69, 9.17) is 22.1 Å². The van der Waals surface area contributed by atoms with Crippen molar-refractivity contribution in [3.05, 3.63) is 0 Å². The summed E-state index contributed by atoms with van der Waals surface area (Å²) in [6.45, 7) is 3.16. The van der Waals surface area contributed by atoms with Crippen LogP contribution in [0, 0.1) is 0 Å². The lowest BCUT2D eigenvalue weighted by Crippen LogP contribution is -2.50. The molecule has 0 unspecified atom stereocenters. The van der Waals surface area contributed by atoms with Crippen LogP contribution >= 0.6 is 11.6 Å². The van der Waals surface area contributed by atoms with E-state index in [9.17, 15) is 9.59 Å². The number of ether oxygens (including phenoxy) is 1. The van der Waals surface area contributed by atoms with Crippen LogP contribution in [0.2, 0.25) is 0 Å². The van der Waals surface area contributed by atoms with E-state index in [1.54, 1.807) is 0 Å². The Bertz CT molecular complexity index is 231. The normalized spacial score (nSPS) is 10.9. The summed E-state index contributed by atoms with van der Waals surface area (Å²) in [4.78, 5) is 21.9. The minimum Gasteiger partial charge on any atom is -0.450 e. The van der Waals surface area contributed by atoms with Crippen LogP contribution in [0.4, 0.5) is 4.79 Å². The Hall–Kier alpha value is -0.970. The first-order valence-corrected chi connectivity index (χ1v) is 5.20. The molecular weight excluding hydrogens is 220 g/mol. The molecule has 0 fully saturated rings. The maximum Gasteiger partial charge on any atom is 0.407 e. The van der Waals surface area contributed by atoms with Gasteiger partial charge in [-0.1, -0.05) is 0 Å². The van der Waals surface area contributed by atoms with Gasteiger partial charge in [-0.3, -0.25) is 10.5 Å². The van der Waals surface area contributed by atoms with Gasteiger partial charge in [-0.25, -0.2) is 4.79 Å². The number of rotatable bonds is 6. The highest BCUT2D eigenvalue weighted by Crippen LogP contribution is 2.02. The first-order chi connectivity index (χ1) is 6.90. The van der Waals surface area contributed by atoms with E-state index in [0.717, 1.165) is 6.42 Å². The van der Waals surface area contributed by atoms with Crippen molar-refractivity contribution >= 4 is 23.6 Å². The predicted molar refractivity (Wildman–Crippen MR) is 56.6 cm³/mol. The fraction of sp³-hybridized carbons (Fsp3) is 0.778. The minimum atomic E-state index is -1.20. The molecule has 5 nitrogen and oxygen atoms in total. The molecule has 0 aromatic carbocycles. The standard InChI is InChI=1S/C9H16ClN2O3/c1-9(2,7(11)13)12-8(14)15-6-4-3-5-10/h11H,3-6H2,1-2H3,(H,12,14). The maximum atomic E-state index is 11.1. The summed E-state index contributed by atoms with van der Waals surface area (Å²) in [6.07, 6.45) is 0.775. The molecule has 15 heavy (non-hydrogen) atoms. The number of carbonyl (C=O) groups is 2. The molecule has 0 aromatic rings. The third kappa shape index (κ3) is 6.17. The summed E-state index contributed by atoms with van der Waals surface area (Å²) >= 11 is 5.44. The summed E-state index contributed by atoms with van der Waals surface area (Å²) in [7, 11) is 0. The van der Waals surface area contributed by atoms with Crippen molar-refractivity contribution in [2.45, 2.75) is 32.2 Å². The second-order valence-corrected chi connectivity index (χ2v) is 3.99. The molecule has 0 spiro atoms. The zero-order chi connectivity index (χ0) is 11.9. The van der Waals surface area contributed by atoms with Crippen molar-refractivity contribution < 1.29 is 14.3 Å². The summed E-state index contributed by atoms with van der Waals surface area (Å²) in [5.41, 5.74) is 5.69. The number of alkyl halides is 1. The molecule has 0 heterocycles. The number of halogens is 1. The number of hydrogen-bond acceptors (Lipinski definition) is 3. The van der Waals surface area contributed by atoms with E-state index >= 15 is 0 Å². The van der Waals surface area contributed by atoms with Gasteiger partial charge < -0.3 is 10.1 Å². The summed E-state index contributed by atoms with van der Waals surface area (Å²) in [5.74, 6) is -0.331. The Morgan fingerprint density at radius 3 is 2.47 bits per heavy atom. The second-order valence-electron chi connectivity index (χ2n) is 3.61. The number of carbonyl (C=O) groups excluding carboxylic acids is 2. The van der Waals surface area contributed by atoms with Gasteiger partial charge >= 0.3 is 6.09 Å². The summed E-state index contributed by atoms with van der Waals surface area (Å²) < 4.78 is 4.79. The molecule has 2 N–H and O–H groups in total. The highest BCUT2D eigenvalue weighted by molar-refractivity contribution is 6.17. The van der Waals surface area contributed by atoms with Gasteiger partial charge in [0, 0.05) is 5.88 Å². The molecule has 0 saturated heterocycles. The van der Waals surface area contributed by atoms with Crippen molar-refractivity contribution in [1.82, 2.24) is 11.1 Å². The molecule has 6 heteroatoms. The van der Waals surface area contributed by atoms with E-state index in [-0.39, 0.29) is 6.61 Å².